The molecule has 0 fully saturated rings. The largest absolute Gasteiger partial charge is 0.364 e. The number of aryl methyl sites for hydroxylation is 1. The second kappa shape index (κ2) is 5.77. The highest BCUT2D eigenvalue weighted by Crippen LogP contribution is 2.14. The van der Waals surface area contributed by atoms with Crippen LogP contribution in [0.3, 0.4) is 0 Å². The fourth-order valence-electron chi connectivity index (χ4n) is 2.02. The van der Waals surface area contributed by atoms with Crippen LogP contribution in [0, 0.1) is 0 Å². The fourth-order valence-corrected chi connectivity index (χ4v) is 2.02. The van der Waals surface area contributed by atoms with Crippen molar-refractivity contribution >= 4 is 11.7 Å². The van der Waals surface area contributed by atoms with Gasteiger partial charge in [-0.15, -0.1) is 0 Å². The SMILES string of the molecule is CC[C@@H](C)n1nccc1CNc1cc(C(N)=O)n(C)n1. The summed E-state index contributed by atoms with van der Waals surface area (Å²) < 4.78 is 3.46. The lowest BCUT2D eigenvalue weighted by molar-refractivity contribution is 0.0991. The van der Waals surface area contributed by atoms with Crippen LogP contribution in [0.4, 0.5) is 5.82 Å². The first-order chi connectivity index (χ1) is 9.52. The predicted molar refractivity (Wildman–Crippen MR) is 76.3 cm³/mol. The van der Waals surface area contributed by atoms with Gasteiger partial charge in [-0.2, -0.15) is 10.2 Å². The summed E-state index contributed by atoms with van der Waals surface area (Å²) in [7, 11) is 1.69. The van der Waals surface area contributed by atoms with E-state index in [-0.39, 0.29) is 0 Å². The van der Waals surface area contributed by atoms with Crippen LogP contribution in [0.1, 0.15) is 42.5 Å². The summed E-state index contributed by atoms with van der Waals surface area (Å²) in [4.78, 5) is 11.2. The quantitative estimate of drug-likeness (QED) is 0.832. The van der Waals surface area contributed by atoms with Gasteiger partial charge in [0.2, 0.25) is 0 Å². The molecule has 2 rings (SSSR count). The van der Waals surface area contributed by atoms with E-state index in [0.29, 0.717) is 24.1 Å². The molecule has 0 saturated heterocycles. The van der Waals surface area contributed by atoms with Crippen LogP contribution in [-0.2, 0) is 13.6 Å². The Labute approximate surface area is 117 Å². The minimum absolute atomic E-state index is 0.353. The Morgan fingerprint density at radius 3 is 2.90 bits per heavy atom. The van der Waals surface area contributed by atoms with Crippen molar-refractivity contribution in [2.75, 3.05) is 5.32 Å². The molecule has 108 valence electrons. The highest BCUT2D eigenvalue weighted by atomic mass is 16.1. The van der Waals surface area contributed by atoms with E-state index < -0.39 is 5.91 Å². The molecule has 20 heavy (non-hydrogen) atoms. The number of carbonyl (C=O) groups is 1. The molecule has 0 saturated carbocycles. The molecule has 1 amide bonds. The standard InChI is InChI=1S/C13H20N6O/c1-4-9(2)19-10(5-6-16-19)8-15-12-7-11(13(14)20)18(3)17-12/h5-7,9H,4,8H2,1-3H3,(H2,14,20)(H,15,17)/t9-/m1/s1. The number of anilines is 1. The van der Waals surface area contributed by atoms with Gasteiger partial charge in [-0.25, -0.2) is 0 Å². The lowest BCUT2D eigenvalue weighted by atomic mass is 10.2. The summed E-state index contributed by atoms with van der Waals surface area (Å²) in [5, 5.41) is 11.7. The lowest BCUT2D eigenvalue weighted by Gasteiger charge is -2.13. The second-order valence-corrected chi connectivity index (χ2v) is 4.78. The van der Waals surface area contributed by atoms with Gasteiger partial charge in [-0.1, -0.05) is 6.92 Å². The zero-order chi connectivity index (χ0) is 14.7. The Bertz CT molecular complexity index is 600. The predicted octanol–water partition coefficient (Wildman–Crippen LogP) is 1.30. The van der Waals surface area contributed by atoms with E-state index in [1.54, 1.807) is 19.3 Å². The summed E-state index contributed by atoms with van der Waals surface area (Å²) in [5.74, 6) is 0.135. The Balaban J connectivity index is 2.08. The summed E-state index contributed by atoms with van der Waals surface area (Å²) in [6.07, 6.45) is 2.81. The number of nitrogens with one attached hydrogen (secondary N) is 1. The van der Waals surface area contributed by atoms with Crippen molar-refractivity contribution in [2.45, 2.75) is 32.9 Å². The highest BCUT2D eigenvalue weighted by Gasteiger charge is 2.11. The third-order valence-corrected chi connectivity index (χ3v) is 3.34. The number of hydrogen-bond acceptors (Lipinski definition) is 4. The monoisotopic (exact) mass is 276 g/mol. The molecule has 0 radical (unpaired) electrons. The van der Waals surface area contributed by atoms with Gasteiger partial charge in [0.05, 0.1) is 12.2 Å². The van der Waals surface area contributed by atoms with Gasteiger partial charge in [0.1, 0.15) is 11.5 Å². The van der Waals surface area contributed by atoms with Crippen molar-refractivity contribution in [3.63, 3.8) is 0 Å². The molecule has 1 atom stereocenters. The average Bonchev–Trinajstić information content (AvgIpc) is 3.01. The molecule has 7 nitrogen and oxygen atoms in total. The molecule has 0 aliphatic heterocycles. The van der Waals surface area contributed by atoms with Gasteiger partial charge in [-0.3, -0.25) is 14.2 Å². The normalized spacial score (nSPS) is 12.3. The zero-order valence-electron chi connectivity index (χ0n) is 12.0. The average molecular weight is 276 g/mol. The van der Waals surface area contributed by atoms with Crippen LogP contribution in [0.25, 0.3) is 0 Å². The molecule has 0 aliphatic carbocycles. The van der Waals surface area contributed by atoms with Crippen molar-refractivity contribution in [3.8, 4) is 0 Å². The Morgan fingerprint density at radius 2 is 2.30 bits per heavy atom. The minimum Gasteiger partial charge on any atom is -0.364 e. The van der Waals surface area contributed by atoms with E-state index >= 15 is 0 Å². The number of carbonyl (C=O) groups excluding carboxylic acids is 1. The van der Waals surface area contributed by atoms with E-state index in [4.69, 9.17) is 5.73 Å². The molecule has 2 aromatic rings. The summed E-state index contributed by atoms with van der Waals surface area (Å²) in [5.41, 5.74) is 6.71. The summed E-state index contributed by atoms with van der Waals surface area (Å²) in [6, 6.07) is 3.97. The van der Waals surface area contributed by atoms with Crippen LogP contribution in [-0.4, -0.2) is 25.5 Å². The minimum atomic E-state index is -0.488. The first-order valence-corrected chi connectivity index (χ1v) is 6.63. The second-order valence-electron chi connectivity index (χ2n) is 4.78. The molecule has 3 N–H and O–H groups in total. The third-order valence-electron chi connectivity index (χ3n) is 3.34. The third kappa shape index (κ3) is 2.81. The number of aromatic nitrogens is 4. The van der Waals surface area contributed by atoms with Crippen molar-refractivity contribution < 1.29 is 4.79 Å². The smallest absolute Gasteiger partial charge is 0.267 e. The first kappa shape index (κ1) is 14.1. The number of nitrogens with two attached hydrogens (primary N) is 1. The molecule has 2 heterocycles. The van der Waals surface area contributed by atoms with Crippen LogP contribution in [0.15, 0.2) is 18.3 Å². The molecular weight excluding hydrogens is 256 g/mol. The van der Waals surface area contributed by atoms with Crippen LogP contribution < -0.4 is 11.1 Å². The number of rotatable bonds is 6. The molecule has 0 aliphatic rings. The fraction of sp³-hybridized carbons (Fsp3) is 0.462. The van der Waals surface area contributed by atoms with Crippen molar-refractivity contribution in [2.24, 2.45) is 12.8 Å². The maximum absolute atomic E-state index is 11.2. The van der Waals surface area contributed by atoms with Crippen molar-refractivity contribution in [1.82, 2.24) is 19.6 Å². The Kier molecular flexibility index (Phi) is 4.07. The van der Waals surface area contributed by atoms with Gasteiger partial charge in [0.15, 0.2) is 0 Å². The number of hydrogen-bond donors (Lipinski definition) is 2. The van der Waals surface area contributed by atoms with Gasteiger partial charge >= 0.3 is 0 Å². The molecule has 2 aromatic heterocycles. The summed E-state index contributed by atoms with van der Waals surface area (Å²) >= 11 is 0. The maximum Gasteiger partial charge on any atom is 0.267 e. The van der Waals surface area contributed by atoms with Gasteiger partial charge in [-0.05, 0) is 19.4 Å². The van der Waals surface area contributed by atoms with E-state index in [2.05, 4.69) is 29.4 Å². The highest BCUT2D eigenvalue weighted by molar-refractivity contribution is 5.91. The van der Waals surface area contributed by atoms with Gasteiger partial charge in [0.25, 0.3) is 5.91 Å². The van der Waals surface area contributed by atoms with E-state index in [1.807, 2.05) is 10.7 Å². The van der Waals surface area contributed by atoms with Gasteiger partial charge in [0, 0.05) is 25.4 Å². The first-order valence-electron chi connectivity index (χ1n) is 6.63. The molecule has 0 bridgehead atoms. The molecule has 7 heteroatoms. The zero-order valence-corrected chi connectivity index (χ0v) is 12.0. The summed E-state index contributed by atoms with van der Waals surface area (Å²) in [6.45, 7) is 4.85. The molecule has 0 spiro atoms. The molecular formula is C13H20N6O. The molecule has 0 aromatic carbocycles. The number of nitrogens with zero attached hydrogens (tertiary/aromatic N) is 4. The molecule has 0 unspecified atom stereocenters. The topological polar surface area (TPSA) is 90.8 Å². The maximum atomic E-state index is 11.2. The van der Waals surface area contributed by atoms with Crippen LogP contribution in [0.5, 0.6) is 0 Å². The number of amides is 1. The van der Waals surface area contributed by atoms with E-state index in [1.165, 1.54) is 4.68 Å². The van der Waals surface area contributed by atoms with E-state index in [0.717, 1.165) is 12.1 Å². The van der Waals surface area contributed by atoms with Crippen molar-refractivity contribution in [3.05, 3.63) is 29.7 Å². The number of primary amides is 1. The van der Waals surface area contributed by atoms with Crippen LogP contribution in [0.2, 0.25) is 0 Å². The van der Waals surface area contributed by atoms with Crippen molar-refractivity contribution in [1.29, 1.82) is 0 Å². The van der Waals surface area contributed by atoms with Crippen LogP contribution >= 0.6 is 0 Å². The van der Waals surface area contributed by atoms with Gasteiger partial charge < -0.3 is 11.1 Å². The lowest BCUT2D eigenvalue weighted by Crippen LogP contribution is -2.15. The Hall–Kier alpha value is -2.31. The van der Waals surface area contributed by atoms with E-state index in [9.17, 15) is 4.79 Å². The Morgan fingerprint density at radius 1 is 1.55 bits per heavy atom.